The molecular formula is C22H18F4N4O2. The van der Waals surface area contributed by atoms with Gasteiger partial charge in [-0.15, -0.1) is 0 Å². The Hall–Kier alpha value is -3.27. The highest BCUT2D eigenvalue weighted by molar-refractivity contribution is 5.99. The van der Waals surface area contributed by atoms with Gasteiger partial charge in [0.05, 0.1) is 30.3 Å². The van der Waals surface area contributed by atoms with E-state index < -0.39 is 29.6 Å². The second-order valence-corrected chi connectivity index (χ2v) is 8.00. The Morgan fingerprint density at radius 1 is 1.19 bits per heavy atom. The number of amides is 1. The number of carbonyl (C=O) groups excluding carboxylic acids is 1. The van der Waals surface area contributed by atoms with E-state index in [1.165, 1.54) is 30.1 Å². The fraction of sp³-hybridized carbons (Fsp3) is 0.318. The Kier molecular flexibility index (Phi) is 4.59. The van der Waals surface area contributed by atoms with Crippen molar-refractivity contribution in [1.29, 1.82) is 0 Å². The first-order chi connectivity index (χ1) is 15.1. The fourth-order valence-electron chi connectivity index (χ4n) is 4.49. The molecule has 1 aliphatic heterocycles. The zero-order valence-corrected chi connectivity index (χ0v) is 17.0. The third-order valence-corrected chi connectivity index (χ3v) is 6.15. The summed E-state index contributed by atoms with van der Waals surface area (Å²) in [5.74, 6) is -1.05. The SMILES string of the molecule is CN(C(=O)c1cc2c3c(c(N)nc2cc1F)COC3)[C@@H]1CCc2nc(C(F)(F)F)ccc21. The second kappa shape index (κ2) is 7.13. The number of ether oxygens (including phenoxy) is 1. The van der Waals surface area contributed by atoms with Gasteiger partial charge in [-0.1, -0.05) is 6.07 Å². The zero-order chi connectivity index (χ0) is 22.8. The highest BCUT2D eigenvalue weighted by Gasteiger charge is 2.36. The van der Waals surface area contributed by atoms with Crippen LogP contribution in [0.5, 0.6) is 0 Å². The normalized spacial score (nSPS) is 17.5. The molecule has 0 fully saturated rings. The Bertz CT molecular complexity index is 1280. The summed E-state index contributed by atoms with van der Waals surface area (Å²) < 4.78 is 59.2. The van der Waals surface area contributed by atoms with Crippen LogP contribution < -0.4 is 5.73 Å². The largest absolute Gasteiger partial charge is 0.433 e. The van der Waals surface area contributed by atoms with Gasteiger partial charge in [0.1, 0.15) is 17.3 Å². The monoisotopic (exact) mass is 446 g/mol. The molecule has 0 saturated heterocycles. The minimum absolute atomic E-state index is 0.144. The molecule has 1 aromatic carbocycles. The summed E-state index contributed by atoms with van der Waals surface area (Å²) in [6.07, 6.45) is -3.83. The van der Waals surface area contributed by atoms with E-state index in [0.717, 1.165) is 17.2 Å². The molecule has 5 rings (SSSR count). The number of benzene rings is 1. The molecule has 3 aromatic rings. The lowest BCUT2D eigenvalue weighted by Gasteiger charge is -2.26. The maximum atomic E-state index is 14.9. The van der Waals surface area contributed by atoms with Crippen LogP contribution in [0.3, 0.4) is 0 Å². The molecule has 3 heterocycles. The first-order valence-electron chi connectivity index (χ1n) is 9.97. The quantitative estimate of drug-likeness (QED) is 0.598. The van der Waals surface area contributed by atoms with Gasteiger partial charge in [0, 0.05) is 29.8 Å². The average molecular weight is 446 g/mol. The maximum absolute atomic E-state index is 14.9. The lowest BCUT2D eigenvalue weighted by atomic mass is 10.0. The van der Waals surface area contributed by atoms with Crippen LogP contribution >= 0.6 is 0 Å². The number of hydrogen-bond acceptors (Lipinski definition) is 5. The number of aryl methyl sites for hydroxylation is 1. The minimum atomic E-state index is -4.54. The standard InChI is InChI=1S/C22H18F4N4O2/c1-30(18-4-3-16-10(18)2-5-19(28-16)22(24,25)26)21(31)12-6-11-13-8-32-9-14(13)20(27)29-17(11)7-15(12)23/h2,5-7,18H,3-4,8-9H2,1H3,(H2,27,29)/t18-/m1/s1. The van der Waals surface area contributed by atoms with E-state index in [0.29, 0.717) is 41.6 Å². The van der Waals surface area contributed by atoms with Crippen LogP contribution in [0.1, 0.15) is 50.9 Å². The van der Waals surface area contributed by atoms with Gasteiger partial charge < -0.3 is 15.4 Å². The average Bonchev–Trinajstić information content (AvgIpc) is 3.39. The molecule has 0 spiro atoms. The molecular weight excluding hydrogens is 428 g/mol. The smallest absolute Gasteiger partial charge is 0.383 e. The van der Waals surface area contributed by atoms with E-state index in [2.05, 4.69) is 9.97 Å². The molecule has 1 aliphatic carbocycles. The number of aromatic nitrogens is 2. The van der Waals surface area contributed by atoms with Crippen LogP contribution in [0.25, 0.3) is 10.9 Å². The highest BCUT2D eigenvalue weighted by Crippen LogP contribution is 2.38. The molecule has 32 heavy (non-hydrogen) atoms. The van der Waals surface area contributed by atoms with Crippen molar-refractivity contribution in [3.63, 3.8) is 0 Å². The summed E-state index contributed by atoms with van der Waals surface area (Å²) in [6, 6.07) is 4.38. The molecule has 166 valence electrons. The number of rotatable bonds is 2. The third-order valence-electron chi connectivity index (χ3n) is 6.15. The number of carbonyl (C=O) groups is 1. The Morgan fingerprint density at radius 3 is 2.69 bits per heavy atom. The van der Waals surface area contributed by atoms with E-state index in [1.54, 1.807) is 0 Å². The topological polar surface area (TPSA) is 81.3 Å². The number of alkyl halides is 3. The molecule has 1 atom stereocenters. The van der Waals surface area contributed by atoms with Gasteiger partial charge in [-0.25, -0.2) is 14.4 Å². The van der Waals surface area contributed by atoms with Crippen molar-refractivity contribution in [2.45, 2.75) is 38.3 Å². The fourth-order valence-corrected chi connectivity index (χ4v) is 4.49. The summed E-state index contributed by atoms with van der Waals surface area (Å²) in [5.41, 5.74) is 7.51. The van der Waals surface area contributed by atoms with E-state index in [9.17, 15) is 22.4 Å². The van der Waals surface area contributed by atoms with Crippen molar-refractivity contribution in [3.8, 4) is 0 Å². The van der Waals surface area contributed by atoms with Crippen molar-refractivity contribution in [2.75, 3.05) is 12.8 Å². The van der Waals surface area contributed by atoms with Crippen LogP contribution in [0, 0.1) is 5.82 Å². The van der Waals surface area contributed by atoms with Gasteiger partial charge in [-0.3, -0.25) is 4.79 Å². The van der Waals surface area contributed by atoms with Crippen LogP contribution in [-0.2, 0) is 30.5 Å². The van der Waals surface area contributed by atoms with Gasteiger partial charge in [-0.2, -0.15) is 13.2 Å². The first-order valence-corrected chi connectivity index (χ1v) is 9.97. The van der Waals surface area contributed by atoms with Gasteiger partial charge in [0.25, 0.3) is 5.91 Å². The number of hydrogen-bond donors (Lipinski definition) is 1. The molecule has 1 amide bonds. The number of nitrogens with zero attached hydrogens (tertiary/aromatic N) is 3. The van der Waals surface area contributed by atoms with E-state index in [-0.39, 0.29) is 18.0 Å². The van der Waals surface area contributed by atoms with E-state index in [1.807, 2.05) is 0 Å². The molecule has 2 aromatic heterocycles. The third kappa shape index (κ3) is 3.17. The molecule has 2 N–H and O–H groups in total. The minimum Gasteiger partial charge on any atom is -0.383 e. The second-order valence-electron chi connectivity index (χ2n) is 8.00. The summed E-state index contributed by atoms with van der Waals surface area (Å²) >= 11 is 0. The number of nitrogen functional groups attached to an aromatic ring is 1. The molecule has 0 saturated carbocycles. The maximum Gasteiger partial charge on any atom is 0.433 e. The van der Waals surface area contributed by atoms with Gasteiger partial charge in [0.15, 0.2) is 0 Å². The molecule has 0 unspecified atom stereocenters. The van der Waals surface area contributed by atoms with Crippen molar-refractivity contribution < 1.29 is 27.1 Å². The molecule has 2 aliphatic rings. The van der Waals surface area contributed by atoms with Gasteiger partial charge in [0.2, 0.25) is 0 Å². The first kappa shape index (κ1) is 20.6. The van der Waals surface area contributed by atoms with Crippen LogP contribution in [0.2, 0.25) is 0 Å². The van der Waals surface area contributed by atoms with Crippen molar-refractivity contribution >= 4 is 22.6 Å². The summed E-state index contributed by atoms with van der Waals surface area (Å²) in [7, 11) is 1.51. The Morgan fingerprint density at radius 2 is 1.94 bits per heavy atom. The molecule has 0 radical (unpaired) electrons. The number of halogens is 4. The predicted molar refractivity (Wildman–Crippen MR) is 107 cm³/mol. The summed E-state index contributed by atoms with van der Waals surface area (Å²) in [5, 5.41) is 0.591. The van der Waals surface area contributed by atoms with Crippen molar-refractivity contribution in [2.24, 2.45) is 0 Å². The number of anilines is 1. The zero-order valence-electron chi connectivity index (χ0n) is 17.0. The molecule has 0 bridgehead atoms. The van der Waals surface area contributed by atoms with Crippen LogP contribution in [0.4, 0.5) is 23.4 Å². The Balaban J connectivity index is 1.50. The van der Waals surface area contributed by atoms with Crippen LogP contribution in [-0.4, -0.2) is 27.8 Å². The van der Waals surface area contributed by atoms with Gasteiger partial charge in [-0.05, 0) is 36.1 Å². The predicted octanol–water partition coefficient (Wildman–Crippen LogP) is 4.16. The lowest BCUT2D eigenvalue weighted by Crippen LogP contribution is -2.31. The van der Waals surface area contributed by atoms with Crippen molar-refractivity contribution in [3.05, 3.63) is 63.7 Å². The molecule has 10 heteroatoms. The molecule has 6 nitrogen and oxygen atoms in total. The van der Waals surface area contributed by atoms with Gasteiger partial charge >= 0.3 is 6.18 Å². The van der Waals surface area contributed by atoms with Crippen LogP contribution in [0.15, 0.2) is 24.3 Å². The van der Waals surface area contributed by atoms with Crippen molar-refractivity contribution in [1.82, 2.24) is 14.9 Å². The lowest BCUT2D eigenvalue weighted by molar-refractivity contribution is -0.141. The Labute approximate surface area is 180 Å². The number of nitrogens with two attached hydrogens (primary N) is 1. The highest BCUT2D eigenvalue weighted by atomic mass is 19.4. The van der Waals surface area contributed by atoms with E-state index >= 15 is 0 Å². The summed E-state index contributed by atoms with van der Waals surface area (Å²) in [6.45, 7) is 0.591. The van der Waals surface area contributed by atoms with E-state index in [4.69, 9.17) is 10.5 Å². The number of fused-ring (bicyclic) bond motifs is 4. The number of pyridine rings is 2. The summed E-state index contributed by atoms with van der Waals surface area (Å²) in [4.78, 5) is 22.5.